The molecule has 0 aliphatic carbocycles. The first-order valence-electron chi connectivity index (χ1n) is 5.47. The minimum absolute atomic E-state index is 0.509. The van der Waals surface area contributed by atoms with E-state index < -0.39 is 0 Å². The Bertz CT molecular complexity index is 580. The molecule has 0 fully saturated rings. The van der Waals surface area contributed by atoms with Gasteiger partial charge in [-0.1, -0.05) is 53.5 Å². The molecule has 0 heterocycles. The number of aryl methyl sites for hydroxylation is 1. The average Bonchev–Trinajstić information content (AvgIpc) is 2.37. The fourth-order valence-corrected chi connectivity index (χ4v) is 1.85. The van der Waals surface area contributed by atoms with Gasteiger partial charge >= 0.3 is 0 Å². The summed E-state index contributed by atoms with van der Waals surface area (Å²) in [6, 6.07) is 13.4. The number of anilines is 1. The predicted octanol–water partition coefficient (Wildman–Crippen LogP) is 4.75. The average molecular weight is 279 g/mol. The molecule has 2 aromatic rings. The van der Waals surface area contributed by atoms with Crippen molar-refractivity contribution >= 4 is 35.1 Å². The molecule has 0 aromatic heterocycles. The molecule has 2 aromatic carbocycles. The Morgan fingerprint density at radius 1 is 1.06 bits per heavy atom. The summed E-state index contributed by atoms with van der Waals surface area (Å²) in [5, 5.41) is 5.19. The fraction of sp³-hybridized carbons (Fsp3) is 0.0714. The van der Waals surface area contributed by atoms with Gasteiger partial charge in [0.25, 0.3) is 0 Å². The van der Waals surface area contributed by atoms with Gasteiger partial charge in [-0.3, -0.25) is 5.43 Å². The SMILES string of the molecule is Cc1ccccc1N/N=C/c1cccc(Cl)c1Cl. The molecule has 0 saturated heterocycles. The molecule has 0 bridgehead atoms. The summed E-state index contributed by atoms with van der Waals surface area (Å²) in [6.07, 6.45) is 1.65. The van der Waals surface area contributed by atoms with Crippen LogP contribution in [0.15, 0.2) is 47.6 Å². The lowest BCUT2D eigenvalue weighted by Crippen LogP contribution is -1.93. The van der Waals surface area contributed by atoms with Crippen molar-refractivity contribution in [2.24, 2.45) is 5.10 Å². The summed E-state index contributed by atoms with van der Waals surface area (Å²) in [7, 11) is 0. The van der Waals surface area contributed by atoms with Crippen molar-refractivity contribution in [2.75, 3.05) is 5.43 Å². The maximum Gasteiger partial charge on any atom is 0.0680 e. The molecular formula is C14H12Cl2N2. The first-order chi connectivity index (χ1) is 8.68. The second-order valence-electron chi connectivity index (χ2n) is 3.83. The minimum Gasteiger partial charge on any atom is -0.278 e. The van der Waals surface area contributed by atoms with Crippen LogP contribution in [0.3, 0.4) is 0 Å². The molecule has 0 unspecified atom stereocenters. The maximum atomic E-state index is 6.06. The topological polar surface area (TPSA) is 24.4 Å². The normalized spacial score (nSPS) is 10.8. The maximum absolute atomic E-state index is 6.06. The van der Waals surface area contributed by atoms with Gasteiger partial charge in [0, 0.05) is 5.56 Å². The molecule has 18 heavy (non-hydrogen) atoms. The van der Waals surface area contributed by atoms with E-state index in [4.69, 9.17) is 23.2 Å². The Kier molecular flexibility index (Phi) is 4.24. The van der Waals surface area contributed by atoms with Gasteiger partial charge in [-0.2, -0.15) is 5.10 Å². The largest absolute Gasteiger partial charge is 0.278 e. The molecule has 0 radical (unpaired) electrons. The number of nitrogens with zero attached hydrogens (tertiary/aromatic N) is 1. The molecule has 2 rings (SSSR count). The molecule has 0 aliphatic rings. The molecule has 92 valence electrons. The Labute approximate surface area is 116 Å². The Morgan fingerprint density at radius 3 is 2.61 bits per heavy atom. The van der Waals surface area contributed by atoms with E-state index >= 15 is 0 Å². The monoisotopic (exact) mass is 278 g/mol. The third kappa shape index (κ3) is 3.03. The number of hydrazone groups is 1. The molecular weight excluding hydrogens is 267 g/mol. The highest BCUT2D eigenvalue weighted by molar-refractivity contribution is 6.43. The zero-order valence-electron chi connectivity index (χ0n) is 9.82. The molecule has 0 saturated carbocycles. The number of para-hydroxylation sites is 1. The highest BCUT2D eigenvalue weighted by Crippen LogP contribution is 2.24. The molecule has 0 aliphatic heterocycles. The van der Waals surface area contributed by atoms with Crippen molar-refractivity contribution in [3.63, 3.8) is 0 Å². The van der Waals surface area contributed by atoms with E-state index in [0.717, 1.165) is 16.8 Å². The lowest BCUT2D eigenvalue weighted by molar-refractivity contribution is 1.31. The molecule has 0 atom stereocenters. The van der Waals surface area contributed by atoms with E-state index in [9.17, 15) is 0 Å². The molecule has 0 amide bonds. The third-order valence-corrected chi connectivity index (χ3v) is 3.35. The third-order valence-electron chi connectivity index (χ3n) is 2.52. The van der Waals surface area contributed by atoms with Crippen LogP contribution >= 0.6 is 23.2 Å². The van der Waals surface area contributed by atoms with Crippen LogP contribution in [0.5, 0.6) is 0 Å². The summed E-state index contributed by atoms with van der Waals surface area (Å²) >= 11 is 12.0. The van der Waals surface area contributed by atoms with Crippen LogP contribution < -0.4 is 5.43 Å². The standard InChI is InChI=1S/C14H12Cl2N2/c1-10-5-2-3-8-13(10)18-17-9-11-6-4-7-12(15)14(11)16/h2-9,18H,1H3/b17-9+. The first kappa shape index (κ1) is 12.9. The molecule has 1 N–H and O–H groups in total. The highest BCUT2D eigenvalue weighted by Gasteiger charge is 2.01. The quantitative estimate of drug-likeness (QED) is 0.636. The van der Waals surface area contributed by atoms with Crippen molar-refractivity contribution in [1.29, 1.82) is 0 Å². The first-order valence-corrected chi connectivity index (χ1v) is 6.23. The smallest absolute Gasteiger partial charge is 0.0680 e. The number of hydrogen-bond acceptors (Lipinski definition) is 2. The number of nitrogens with one attached hydrogen (secondary N) is 1. The van der Waals surface area contributed by atoms with Crippen LogP contribution in [0, 0.1) is 6.92 Å². The van der Waals surface area contributed by atoms with Crippen molar-refractivity contribution in [2.45, 2.75) is 6.92 Å². The number of benzene rings is 2. The lowest BCUT2D eigenvalue weighted by atomic mass is 10.2. The van der Waals surface area contributed by atoms with Crippen molar-refractivity contribution in [3.05, 3.63) is 63.6 Å². The summed E-state index contributed by atoms with van der Waals surface area (Å²) in [6.45, 7) is 2.02. The van der Waals surface area contributed by atoms with Gasteiger partial charge < -0.3 is 0 Å². The van der Waals surface area contributed by atoms with Crippen LogP contribution in [0.25, 0.3) is 0 Å². The van der Waals surface area contributed by atoms with Crippen molar-refractivity contribution < 1.29 is 0 Å². The second kappa shape index (κ2) is 5.89. The Hall–Kier alpha value is -1.51. The fourth-order valence-electron chi connectivity index (χ4n) is 1.49. The second-order valence-corrected chi connectivity index (χ2v) is 4.61. The Morgan fingerprint density at radius 2 is 1.83 bits per heavy atom. The zero-order valence-corrected chi connectivity index (χ0v) is 11.3. The zero-order chi connectivity index (χ0) is 13.0. The van der Waals surface area contributed by atoms with Crippen LogP contribution in [0.2, 0.25) is 10.0 Å². The van der Waals surface area contributed by atoms with E-state index in [0.29, 0.717) is 10.0 Å². The number of hydrogen-bond donors (Lipinski definition) is 1. The van der Waals surface area contributed by atoms with Gasteiger partial charge in [-0.15, -0.1) is 0 Å². The van der Waals surface area contributed by atoms with Crippen LogP contribution in [0.1, 0.15) is 11.1 Å². The van der Waals surface area contributed by atoms with E-state index in [2.05, 4.69) is 10.5 Å². The lowest BCUT2D eigenvalue weighted by Gasteiger charge is -2.04. The van der Waals surface area contributed by atoms with E-state index in [1.165, 1.54) is 0 Å². The number of halogens is 2. The Balaban J connectivity index is 2.13. The van der Waals surface area contributed by atoms with Crippen LogP contribution in [-0.2, 0) is 0 Å². The van der Waals surface area contributed by atoms with E-state index in [1.54, 1.807) is 12.3 Å². The van der Waals surface area contributed by atoms with Gasteiger partial charge in [0.2, 0.25) is 0 Å². The molecule has 4 heteroatoms. The minimum atomic E-state index is 0.509. The van der Waals surface area contributed by atoms with Gasteiger partial charge in [-0.05, 0) is 24.6 Å². The van der Waals surface area contributed by atoms with E-state index in [1.807, 2.05) is 43.3 Å². The predicted molar refractivity (Wildman–Crippen MR) is 78.9 cm³/mol. The van der Waals surface area contributed by atoms with Gasteiger partial charge in [0.15, 0.2) is 0 Å². The van der Waals surface area contributed by atoms with Gasteiger partial charge in [0.1, 0.15) is 0 Å². The molecule has 0 spiro atoms. The summed E-state index contributed by atoms with van der Waals surface area (Å²) in [4.78, 5) is 0. The van der Waals surface area contributed by atoms with Crippen molar-refractivity contribution in [1.82, 2.24) is 0 Å². The van der Waals surface area contributed by atoms with Crippen molar-refractivity contribution in [3.8, 4) is 0 Å². The summed E-state index contributed by atoms with van der Waals surface area (Å²) in [5.41, 5.74) is 5.85. The van der Waals surface area contributed by atoms with Crippen LogP contribution in [-0.4, -0.2) is 6.21 Å². The molecule has 2 nitrogen and oxygen atoms in total. The van der Waals surface area contributed by atoms with E-state index in [-0.39, 0.29) is 0 Å². The van der Waals surface area contributed by atoms with Gasteiger partial charge in [0.05, 0.1) is 21.9 Å². The van der Waals surface area contributed by atoms with Crippen LogP contribution in [0.4, 0.5) is 5.69 Å². The van der Waals surface area contributed by atoms with Gasteiger partial charge in [-0.25, -0.2) is 0 Å². The highest BCUT2D eigenvalue weighted by atomic mass is 35.5. The summed E-state index contributed by atoms with van der Waals surface area (Å²) < 4.78 is 0. The summed E-state index contributed by atoms with van der Waals surface area (Å²) in [5.74, 6) is 0. The number of rotatable bonds is 3.